The van der Waals surface area contributed by atoms with Gasteiger partial charge in [-0.15, -0.1) is 0 Å². The standard InChI is InChI=1S/C14H16F3NO3/c1-14(2,3)6-11(20)21-7-10(19)18-9-5-4-8(15)12(16)13(9)17/h4-5H,6-7H2,1-3H3,(H,18,19). The summed E-state index contributed by atoms with van der Waals surface area (Å²) in [5.41, 5.74) is -0.814. The summed E-state index contributed by atoms with van der Waals surface area (Å²) < 4.78 is 43.7. The van der Waals surface area contributed by atoms with Crippen molar-refractivity contribution in [1.82, 2.24) is 0 Å². The van der Waals surface area contributed by atoms with Crippen LogP contribution >= 0.6 is 0 Å². The lowest BCUT2D eigenvalue weighted by molar-refractivity contribution is -0.149. The van der Waals surface area contributed by atoms with Crippen LogP contribution in [0, 0.1) is 22.9 Å². The Bertz CT molecular complexity index is 553. The largest absolute Gasteiger partial charge is 0.456 e. The molecule has 0 saturated heterocycles. The maximum Gasteiger partial charge on any atom is 0.306 e. The molecule has 116 valence electrons. The smallest absolute Gasteiger partial charge is 0.306 e. The van der Waals surface area contributed by atoms with Gasteiger partial charge < -0.3 is 10.1 Å². The van der Waals surface area contributed by atoms with Crippen LogP contribution in [-0.4, -0.2) is 18.5 Å². The zero-order valence-electron chi connectivity index (χ0n) is 11.9. The highest BCUT2D eigenvalue weighted by atomic mass is 19.2. The molecule has 0 unspecified atom stereocenters. The van der Waals surface area contributed by atoms with Crippen LogP contribution in [0.1, 0.15) is 27.2 Å². The van der Waals surface area contributed by atoms with Crippen molar-refractivity contribution < 1.29 is 27.5 Å². The van der Waals surface area contributed by atoms with Gasteiger partial charge in [-0.2, -0.15) is 0 Å². The highest BCUT2D eigenvalue weighted by Crippen LogP contribution is 2.20. The summed E-state index contributed by atoms with van der Waals surface area (Å²) in [6.07, 6.45) is 0.111. The summed E-state index contributed by atoms with van der Waals surface area (Å²) in [4.78, 5) is 22.9. The zero-order chi connectivity index (χ0) is 16.2. The van der Waals surface area contributed by atoms with E-state index in [1.807, 2.05) is 26.1 Å². The number of anilines is 1. The van der Waals surface area contributed by atoms with E-state index in [4.69, 9.17) is 4.74 Å². The van der Waals surface area contributed by atoms with Crippen LogP contribution in [0.3, 0.4) is 0 Å². The SMILES string of the molecule is CC(C)(C)CC(=O)OCC(=O)Nc1ccc(F)c(F)c1F. The van der Waals surface area contributed by atoms with Gasteiger partial charge in [0, 0.05) is 0 Å². The topological polar surface area (TPSA) is 55.4 Å². The second-order valence-electron chi connectivity index (χ2n) is 5.67. The minimum atomic E-state index is -1.68. The fraction of sp³-hybridized carbons (Fsp3) is 0.429. The molecule has 0 spiro atoms. The quantitative estimate of drug-likeness (QED) is 0.687. The normalized spacial score (nSPS) is 11.1. The highest BCUT2D eigenvalue weighted by molar-refractivity contribution is 5.92. The number of carbonyl (C=O) groups is 2. The van der Waals surface area contributed by atoms with Gasteiger partial charge in [-0.05, 0) is 17.5 Å². The molecule has 1 N–H and O–H groups in total. The van der Waals surface area contributed by atoms with Crippen LogP contribution in [0.2, 0.25) is 0 Å². The monoisotopic (exact) mass is 303 g/mol. The van der Waals surface area contributed by atoms with Gasteiger partial charge in [0.05, 0.1) is 12.1 Å². The maximum atomic E-state index is 13.3. The minimum absolute atomic E-state index is 0.111. The van der Waals surface area contributed by atoms with Crippen LogP contribution in [0.5, 0.6) is 0 Å². The van der Waals surface area contributed by atoms with Crippen LogP contribution in [0.4, 0.5) is 18.9 Å². The van der Waals surface area contributed by atoms with Crippen LogP contribution in [-0.2, 0) is 14.3 Å². The lowest BCUT2D eigenvalue weighted by Crippen LogP contribution is -2.23. The summed E-state index contributed by atoms with van der Waals surface area (Å²) in [5.74, 6) is -5.98. The summed E-state index contributed by atoms with van der Waals surface area (Å²) >= 11 is 0. The first kappa shape index (κ1) is 17.0. The number of nitrogens with one attached hydrogen (secondary N) is 1. The van der Waals surface area contributed by atoms with Crippen LogP contribution < -0.4 is 5.32 Å². The Kier molecular flexibility index (Phi) is 5.34. The van der Waals surface area contributed by atoms with Crippen molar-refractivity contribution in [3.63, 3.8) is 0 Å². The predicted octanol–water partition coefficient (Wildman–Crippen LogP) is 3.02. The summed E-state index contributed by atoms with van der Waals surface area (Å²) in [6, 6.07) is 1.56. The Morgan fingerprint density at radius 2 is 1.76 bits per heavy atom. The molecule has 0 heterocycles. The Labute approximate surface area is 120 Å². The average molecular weight is 303 g/mol. The zero-order valence-corrected chi connectivity index (χ0v) is 11.9. The maximum absolute atomic E-state index is 13.3. The number of carbonyl (C=O) groups excluding carboxylic acids is 2. The molecule has 0 atom stereocenters. The van der Waals surface area contributed by atoms with Crippen LogP contribution in [0.15, 0.2) is 12.1 Å². The van der Waals surface area contributed by atoms with Gasteiger partial charge in [0.25, 0.3) is 5.91 Å². The average Bonchev–Trinajstić information content (AvgIpc) is 2.35. The molecule has 1 aromatic rings. The molecule has 1 aromatic carbocycles. The number of rotatable bonds is 4. The van der Waals surface area contributed by atoms with E-state index in [0.717, 1.165) is 6.07 Å². The van der Waals surface area contributed by atoms with E-state index in [2.05, 4.69) is 0 Å². The molecule has 0 aliphatic carbocycles. The van der Waals surface area contributed by atoms with E-state index >= 15 is 0 Å². The van der Waals surface area contributed by atoms with Crippen LogP contribution in [0.25, 0.3) is 0 Å². The molecule has 0 saturated carbocycles. The van der Waals surface area contributed by atoms with Crippen molar-refractivity contribution in [3.8, 4) is 0 Å². The molecule has 0 fully saturated rings. The molecule has 21 heavy (non-hydrogen) atoms. The number of ether oxygens (including phenoxy) is 1. The Morgan fingerprint density at radius 1 is 1.14 bits per heavy atom. The number of amides is 1. The number of benzene rings is 1. The number of esters is 1. The van der Waals surface area contributed by atoms with Gasteiger partial charge in [-0.3, -0.25) is 9.59 Å². The summed E-state index contributed by atoms with van der Waals surface area (Å²) in [7, 11) is 0. The second kappa shape index (κ2) is 6.60. The van der Waals surface area contributed by atoms with Crippen molar-refractivity contribution >= 4 is 17.6 Å². The van der Waals surface area contributed by atoms with Gasteiger partial charge in [-0.25, -0.2) is 13.2 Å². The lowest BCUT2D eigenvalue weighted by atomic mass is 9.92. The molecule has 7 heteroatoms. The number of halogens is 3. The van der Waals surface area contributed by atoms with Crippen molar-refractivity contribution in [2.45, 2.75) is 27.2 Å². The molecule has 0 aromatic heterocycles. The second-order valence-corrected chi connectivity index (χ2v) is 5.67. The molecule has 4 nitrogen and oxygen atoms in total. The Hall–Kier alpha value is -2.05. The van der Waals surface area contributed by atoms with Crippen molar-refractivity contribution in [2.75, 3.05) is 11.9 Å². The third kappa shape index (κ3) is 5.45. The Morgan fingerprint density at radius 3 is 2.33 bits per heavy atom. The van der Waals surface area contributed by atoms with E-state index in [0.29, 0.717) is 6.07 Å². The van der Waals surface area contributed by atoms with E-state index in [9.17, 15) is 22.8 Å². The third-order valence-corrected chi connectivity index (χ3v) is 2.35. The molecule has 0 aliphatic heterocycles. The van der Waals surface area contributed by atoms with Gasteiger partial charge in [0.1, 0.15) is 0 Å². The molecule has 0 aliphatic rings. The van der Waals surface area contributed by atoms with E-state index in [-0.39, 0.29) is 11.8 Å². The summed E-state index contributed by atoms with van der Waals surface area (Å²) in [6.45, 7) is 4.84. The summed E-state index contributed by atoms with van der Waals surface area (Å²) in [5, 5.41) is 2.00. The van der Waals surface area contributed by atoms with Gasteiger partial charge in [-0.1, -0.05) is 20.8 Å². The van der Waals surface area contributed by atoms with E-state index in [1.165, 1.54) is 0 Å². The number of hydrogen-bond donors (Lipinski definition) is 1. The van der Waals surface area contributed by atoms with Gasteiger partial charge in [0.2, 0.25) is 0 Å². The Balaban J connectivity index is 2.55. The first-order chi connectivity index (χ1) is 9.60. The van der Waals surface area contributed by atoms with Gasteiger partial charge in [0.15, 0.2) is 24.1 Å². The highest BCUT2D eigenvalue weighted by Gasteiger charge is 2.19. The molecular weight excluding hydrogens is 287 g/mol. The van der Waals surface area contributed by atoms with Crippen molar-refractivity contribution in [2.24, 2.45) is 5.41 Å². The minimum Gasteiger partial charge on any atom is -0.456 e. The van der Waals surface area contributed by atoms with E-state index < -0.39 is 41.6 Å². The van der Waals surface area contributed by atoms with Gasteiger partial charge >= 0.3 is 5.97 Å². The van der Waals surface area contributed by atoms with Crippen molar-refractivity contribution in [1.29, 1.82) is 0 Å². The molecule has 0 radical (unpaired) electrons. The third-order valence-electron chi connectivity index (χ3n) is 2.35. The molecule has 0 bridgehead atoms. The molecular formula is C14H16F3NO3. The number of hydrogen-bond acceptors (Lipinski definition) is 3. The first-order valence-corrected chi connectivity index (χ1v) is 6.19. The molecule has 1 amide bonds. The van der Waals surface area contributed by atoms with E-state index in [1.54, 1.807) is 0 Å². The predicted molar refractivity (Wildman–Crippen MR) is 70.0 cm³/mol. The fourth-order valence-corrected chi connectivity index (χ4v) is 1.44. The fourth-order valence-electron chi connectivity index (χ4n) is 1.44. The molecule has 1 rings (SSSR count). The lowest BCUT2D eigenvalue weighted by Gasteiger charge is -2.16. The van der Waals surface area contributed by atoms with Crippen molar-refractivity contribution in [3.05, 3.63) is 29.6 Å². The first-order valence-electron chi connectivity index (χ1n) is 6.19.